The lowest BCUT2D eigenvalue weighted by molar-refractivity contribution is -0.133. The number of anilines is 1. The maximum Gasteiger partial charge on any atom is 0.313 e. The Kier molecular flexibility index (Phi) is 5.87. The van der Waals surface area contributed by atoms with Crippen LogP contribution >= 0.6 is 23.1 Å². The van der Waals surface area contributed by atoms with Gasteiger partial charge in [0.25, 0.3) is 0 Å². The molecule has 1 aliphatic rings. The van der Waals surface area contributed by atoms with Gasteiger partial charge in [0, 0.05) is 19.8 Å². The molecule has 0 atom stereocenters. The number of ether oxygens (including phenoxy) is 1. The molecule has 1 aliphatic carbocycles. The van der Waals surface area contributed by atoms with E-state index in [1.165, 1.54) is 35.9 Å². The van der Waals surface area contributed by atoms with Crippen LogP contribution in [0.1, 0.15) is 19.3 Å². The van der Waals surface area contributed by atoms with Crippen LogP contribution in [-0.2, 0) is 9.53 Å². The minimum Gasteiger partial charge on any atom is -0.481 e. The average Bonchev–Trinajstić information content (AvgIpc) is 3.09. The molecule has 0 aliphatic heterocycles. The van der Waals surface area contributed by atoms with Crippen molar-refractivity contribution in [3.05, 3.63) is 0 Å². The summed E-state index contributed by atoms with van der Waals surface area (Å²) in [7, 11) is 0. The molecule has 0 unspecified atom stereocenters. The minimum absolute atomic E-state index is 0.0175. The van der Waals surface area contributed by atoms with Crippen LogP contribution in [0.15, 0.2) is 4.34 Å². The first kappa shape index (κ1) is 14.5. The Labute approximate surface area is 120 Å². The predicted octanol–water partition coefficient (Wildman–Crippen LogP) is 1.94. The molecule has 0 saturated heterocycles. The third-order valence-corrected chi connectivity index (χ3v) is 4.52. The van der Waals surface area contributed by atoms with Gasteiger partial charge in [-0.1, -0.05) is 23.1 Å². The summed E-state index contributed by atoms with van der Waals surface area (Å²) in [5.41, 5.74) is 0. The van der Waals surface area contributed by atoms with Gasteiger partial charge in [0.15, 0.2) is 4.34 Å². The van der Waals surface area contributed by atoms with Crippen LogP contribution in [0, 0.1) is 5.92 Å². The van der Waals surface area contributed by atoms with Gasteiger partial charge in [0.2, 0.25) is 5.13 Å². The Hall–Kier alpha value is -0.860. The van der Waals surface area contributed by atoms with Crippen molar-refractivity contribution in [3.8, 4) is 0 Å². The maximum absolute atomic E-state index is 10.4. The largest absolute Gasteiger partial charge is 0.481 e. The molecule has 1 saturated carbocycles. The van der Waals surface area contributed by atoms with Gasteiger partial charge in [0.05, 0.1) is 5.75 Å². The fraction of sp³-hybridized carbons (Fsp3) is 0.727. The van der Waals surface area contributed by atoms with E-state index in [0.717, 1.165) is 37.2 Å². The molecular formula is C11H17N3O3S2. The van der Waals surface area contributed by atoms with Gasteiger partial charge >= 0.3 is 5.97 Å². The number of carbonyl (C=O) groups is 1. The van der Waals surface area contributed by atoms with Gasteiger partial charge in [-0.15, -0.1) is 10.2 Å². The molecule has 8 heteroatoms. The van der Waals surface area contributed by atoms with Crippen LogP contribution in [0.2, 0.25) is 0 Å². The SMILES string of the molecule is O=C(O)CSc1nnc(NCCCOCC2CC2)s1. The zero-order valence-corrected chi connectivity index (χ0v) is 12.1. The van der Waals surface area contributed by atoms with Crippen molar-refractivity contribution in [2.45, 2.75) is 23.6 Å². The van der Waals surface area contributed by atoms with Crippen LogP contribution in [-0.4, -0.2) is 46.8 Å². The van der Waals surface area contributed by atoms with E-state index in [1.54, 1.807) is 0 Å². The van der Waals surface area contributed by atoms with Crippen LogP contribution in [0.25, 0.3) is 0 Å². The summed E-state index contributed by atoms with van der Waals surface area (Å²) in [4.78, 5) is 10.4. The number of thioether (sulfide) groups is 1. The van der Waals surface area contributed by atoms with Gasteiger partial charge in [0.1, 0.15) is 0 Å². The van der Waals surface area contributed by atoms with E-state index >= 15 is 0 Å². The summed E-state index contributed by atoms with van der Waals surface area (Å²) in [5, 5.41) is 20.3. The first-order valence-electron chi connectivity index (χ1n) is 6.24. The summed E-state index contributed by atoms with van der Waals surface area (Å²) < 4.78 is 6.20. The predicted molar refractivity (Wildman–Crippen MR) is 74.9 cm³/mol. The second-order valence-corrected chi connectivity index (χ2v) is 6.55. The first-order chi connectivity index (χ1) is 9.24. The van der Waals surface area contributed by atoms with E-state index in [2.05, 4.69) is 15.5 Å². The summed E-state index contributed by atoms with van der Waals surface area (Å²) in [6.07, 6.45) is 3.57. The third-order valence-electron chi connectivity index (χ3n) is 2.52. The number of aromatic nitrogens is 2. The number of aliphatic carboxylic acids is 1. The molecule has 2 rings (SSSR count). The average molecular weight is 303 g/mol. The Bertz CT molecular complexity index is 410. The molecule has 1 fully saturated rings. The molecule has 1 aromatic heterocycles. The van der Waals surface area contributed by atoms with Gasteiger partial charge in [-0.05, 0) is 25.2 Å². The minimum atomic E-state index is -0.845. The molecule has 6 nitrogen and oxygen atoms in total. The van der Waals surface area contributed by atoms with Crippen LogP contribution in [0.5, 0.6) is 0 Å². The molecule has 1 aromatic rings. The third kappa shape index (κ3) is 6.22. The van der Waals surface area contributed by atoms with E-state index in [-0.39, 0.29) is 5.75 Å². The topological polar surface area (TPSA) is 84.3 Å². The zero-order valence-electron chi connectivity index (χ0n) is 10.5. The van der Waals surface area contributed by atoms with Crippen molar-refractivity contribution < 1.29 is 14.6 Å². The summed E-state index contributed by atoms with van der Waals surface area (Å²) in [6.45, 7) is 2.46. The van der Waals surface area contributed by atoms with Gasteiger partial charge in [-0.25, -0.2) is 0 Å². The highest BCUT2D eigenvalue weighted by Gasteiger charge is 2.20. The molecular weight excluding hydrogens is 286 g/mol. The van der Waals surface area contributed by atoms with Crippen LogP contribution in [0.4, 0.5) is 5.13 Å². The van der Waals surface area contributed by atoms with E-state index in [0.29, 0.717) is 4.34 Å². The van der Waals surface area contributed by atoms with Crippen LogP contribution < -0.4 is 5.32 Å². The zero-order chi connectivity index (χ0) is 13.5. The number of carboxylic acids is 1. The number of hydrogen-bond donors (Lipinski definition) is 2. The standard InChI is InChI=1S/C11H17N3O3S2/c15-9(16)7-18-11-14-13-10(19-11)12-4-1-5-17-6-8-2-3-8/h8H,1-7H2,(H,12,13)(H,15,16). The Morgan fingerprint density at radius 3 is 3.11 bits per heavy atom. The second kappa shape index (κ2) is 7.66. The molecule has 0 spiro atoms. The van der Waals surface area contributed by atoms with Gasteiger partial charge < -0.3 is 15.2 Å². The van der Waals surface area contributed by atoms with Crippen molar-refractivity contribution in [1.82, 2.24) is 10.2 Å². The smallest absolute Gasteiger partial charge is 0.313 e. The Morgan fingerprint density at radius 2 is 2.37 bits per heavy atom. The van der Waals surface area contributed by atoms with E-state index < -0.39 is 5.97 Å². The number of carboxylic acid groups (broad SMARTS) is 1. The molecule has 0 amide bonds. The first-order valence-corrected chi connectivity index (χ1v) is 8.04. The number of nitrogens with zero attached hydrogens (tertiary/aromatic N) is 2. The highest BCUT2D eigenvalue weighted by atomic mass is 32.2. The summed E-state index contributed by atoms with van der Waals surface area (Å²) >= 11 is 2.57. The molecule has 19 heavy (non-hydrogen) atoms. The lowest BCUT2D eigenvalue weighted by Crippen LogP contribution is -2.06. The lowest BCUT2D eigenvalue weighted by atomic mass is 10.4. The summed E-state index contributed by atoms with van der Waals surface area (Å²) in [5.74, 6) is -0.0173. The Morgan fingerprint density at radius 1 is 1.53 bits per heavy atom. The molecule has 106 valence electrons. The number of hydrogen-bond acceptors (Lipinski definition) is 7. The fourth-order valence-corrected chi connectivity index (χ4v) is 2.86. The highest BCUT2D eigenvalue weighted by Crippen LogP contribution is 2.28. The molecule has 0 aromatic carbocycles. The normalized spacial score (nSPS) is 14.5. The molecule has 1 heterocycles. The number of nitrogens with one attached hydrogen (secondary N) is 1. The van der Waals surface area contributed by atoms with Gasteiger partial charge in [-0.3, -0.25) is 4.79 Å². The van der Waals surface area contributed by atoms with E-state index in [4.69, 9.17) is 9.84 Å². The highest BCUT2D eigenvalue weighted by molar-refractivity contribution is 8.01. The van der Waals surface area contributed by atoms with Gasteiger partial charge in [-0.2, -0.15) is 0 Å². The lowest BCUT2D eigenvalue weighted by Gasteiger charge is -2.03. The van der Waals surface area contributed by atoms with Crippen molar-refractivity contribution in [1.29, 1.82) is 0 Å². The molecule has 0 bridgehead atoms. The fourth-order valence-electron chi connectivity index (χ4n) is 1.37. The van der Waals surface area contributed by atoms with Crippen LogP contribution in [0.3, 0.4) is 0 Å². The van der Waals surface area contributed by atoms with Crippen molar-refractivity contribution >= 4 is 34.2 Å². The second-order valence-electron chi connectivity index (χ2n) is 4.35. The van der Waals surface area contributed by atoms with E-state index in [1.807, 2.05) is 0 Å². The van der Waals surface area contributed by atoms with Crippen molar-refractivity contribution in [2.24, 2.45) is 5.92 Å². The number of rotatable bonds is 10. The maximum atomic E-state index is 10.4. The van der Waals surface area contributed by atoms with E-state index in [9.17, 15) is 4.79 Å². The Balaban J connectivity index is 1.53. The quantitative estimate of drug-likeness (QED) is 0.505. The monoisotopic (exact) mass is 303 g/mol. The van der Waals surface area contributed by atoms with Crippen molar-refractivity contribution in [2.75, 3.05) is 30.8 Å². The molecule has 2 N–H and O–H groups in total. The van der Waals surface area contributed by atoms with Crippen molar-refractivity contribution in [3.63, 3.8) is 0 Å². The molecule has 0 radical (unpaired) electrons. The summed E-state index contributed by atoms with van der Waals surface area (Å²) in [6, 6.07) is 0.